The largest absolute Gasteiger partial charge is 0.573 e. The fourth-order valence-electron chi connectivity index (χ4n) is 2.47. The summed E-state index contributed by atoms with van der Waals surface area (Å²) in [6.45, 7) is 0.629. The molecular formula is C14H18F4N2O. The highest BCUT2D eigenvalue weighted by molar-refractivity contribution is 5.48. The Bertz CT molecular complexity index is 471. The second-order valence-electron chi connectivity index (χ2n) is 5.35. The highest BCUT2D eigenvalue weighted by Gasteiger charge is 2.32. The van der Waals surface area contributed by atoms with Crippen molar-refractivity contribution in [2.45, 2.75) is 38.1 Å². The topological polar surface area (TPSA) is 47.3 Å². The van der Waals surface area contributed by atoms with Gasteiger partial charge in [0.1, 0.15) is 0 Å². The first-order valence-electron chi connectivity index (χ1n) is 6.88. The molecule has 21 heavy (non-hydrogen) atoms. The monoisotopic (exact) mass is 306 g/mol. The van der Waals surface area contributed by atoms with Gasteiger partial charge in [-0.1, -0.05) is 0 Å². The van der Waals surface area contributed by atoms with E-state index < -0.39 is 17.9 Å². The lowest BCUT2D eigenvalue weighted by Crippen LogP contribution is -2.29. The Labute approximate surface area is 120 Å². The van der Waals surface area contributed by atoms with Crippen LogP contribution in [-0.4, -0.2) is 18.9 Å². The van der Waals surface area contributed by atoms with Crippen LogP contribution in [0.15, 0.2) is 18.2 Å². The van der Waals surface area contributed by atoms with Gasteiger partial charge in [0, 0.05) is 24.3 Å². The number of halogens is 4. The van der Waals surface area contributed by atoms with E-state index in [4.69, 9.17) is 5.73 Å². The van der Waals surface area contributed by atoms with E-state index >= 15 is 0 Å². The van der Waals surface area contributed by atoms with Gasteiger partial charge in [-0.05, 0) is 43.7 Å². The summed E-state index contributed by atoms with van der Waals surface area (Å²) in [4.78, 5) is 0. The molecule has 1 aliphatic rings. The van der Waals surface area contributed by atoms with Crippen LogP contribution in [0.1, 0.15) is 25.7 Å². The predicted octanol–water partition coefficient (Wildman–Crippen LogP) is 3.65. The molecule has 0 aromatic heterocycles. The number of hydrogen-bond acceptors (Lipinski definition) is 3. The maximum Gasteiger partial charge on any atom is 0.573 e. The van der Waals surface area contributed by atoms with E-state index in [-0.39, 0.29) is 6.04 Å². The molecule has 2 rings (SSSR count). The standard InChI is InChI=1S/C14H18F4N2O/c15-12-6-5-11(7-13(12)21-14(16,17)18)20-8-9-1-3-10(19)4-2-9/h5-7,9-10,20H,1-4,8,19H2. The maximum atomic E-state index is 13.3. The maximum absolute atomic E-state index is 13.3. The number of nitrogens with one attached hydrogen (secondary N) is 1. The average molecular weight is 306 g/mol. The van der Waals surface area contributed by atoms with Crippen molar-refractivity contribution in [1.29, 1.82) is 0 Å². The number of ether oxygens (including phenoxy) is 1. The number of benzene rings is 1. The third-order valence-electron chi connectivity index (χ3n) is 3.64. The smallest absolute Gasteiger partial charge is 0.403 e. The average Bonchev–Trinajstić information content (AvgIpc) is 2.40. The van der Waals surface area contributed by atoms with Gasteiger partial charge in [-0.2, -0.15) is 0 Å². The minimum Gasteiger partial charge on any atom is -0.403 e. The second kappa shape index (κ2) is 6.51. The zero-order valence-electron chi connectivity index (χ0n) is 11.4. The molecule has 0 saturated heterocycles. The van der Waals surface area contributed by atoms with Gasteiger partial charge in [-0.3, -0.25) is 0 Å². The lowest BCUT2D eigenvalue weighted by Gasteiger charge is -2.26. The summed E-state index contributed by atoms with van der Waals surface area (Å²) in [5, 5.41) is 3.03. The summed E-state index contributed by atoms with van der Waals surface area (Å²) in [5.41, 5.74) is 6.22. The van der Waals surface area contributed by atoms with Gasteiger partial charge in [0.2, 0.25) is 0 Å². The van der Waals surface area contributed by atoms with Crippen LogP contribution in [0.3, 0.4) is 0 Å². The van der Waals surface area contributed by atoms with Gasteiger partial charge in [0.05, 0.1) is 0 Å². The lowest BCUT2D eigenvalue weighted by atomic mass is 9.86. The van der Waals surface area contributed by atoms with E-state index in [9.17, 15) is 17.6 Å². The molecule has 0 heterocycles. The minimum atomic E-state index is -4.90. The first kappa shape index (κ1) is 15.9. The van der Waals surface area contributed by atoms with Crippen molar-refractivity contribution in [3.05, 3.63) is 24.0 Å². The summed E-state index contributed by atoms with van der Waals surface area (Å²) in [5.74, 6) is -1.43. The zero-order chi connectivity index (χ0) is 15.5. The quantitative estimate of drug-likeness (QED) is 0.835. The van der Waals surface area contributed by atoms with Crippen LogP contribution in [0.4, 0.5) is 23.2 Å². The highest BCUT2D eigenvalue weighted by Crippen LogP contribution is 2.29. The first-order chi connectivity index (χ1) is 9.83. The molecule has 1 saturated carbocycles. The number of anilines is 1. The minimum absolute atomic E-state index is 0.249. The Balaban J connectivity index is 1.93. The molecule has 0 spiro atoms. The van der Waals surface area contributed by atoms with Gasteiger partial charge in [0.15, 0.2) is 11.6 Å². The molecule has 1 aliphatic carbocycles. The molecule has 0 aliphatic heterocycles. The normalized spacial score (nSPS) is 22.9. The van der Waals surface area contributed by atoms with E-state index in [2.05, 4.69) is 10.1 Å². The molecule has 3 N–H and O–H groups in total. The fraction of sp³-hybridized carbons (Fsp3) is 0.571. The van der Waals surface area contributed by atoms with Gasteiger partial charge >= 0.3 is 6.36 Å². The van der Waals surface area contributed by atoms with Gasteiger partial charge in [-0.15, -0.1) is 13.2 Å². The SMILES string of the molecule is NC1CCC(CNc2ccc(F)c(OC(F)(F)F)c2)CC1. The molecule has 0 radical (unpaired) electrons. The molecule has 118 valence electrons. The third-order valence-corrected chi connectivity index (χ3v) is 3.64. The van der Waals surface area contributed by atoms with Crippen molar-refractivity contribution in [1.82, 2.24) is 0 Å². The van der Waals surface area contributed by atoms with Crippen LogP contribution in [0.25, 0.3) is 0 Å². The number of hydrogen-bond donors (Lipinski definition) is 2. The van der Waals surface area contributed by atoms with E-state index in [1.165, 1.54) is 6.07 Å². The molecule has 1 fully saturated rings. The second-order valence-corrected chi connectivity index (χ2v) is 5.35. The van der Waals surface area contributed by atoms with Crippen molar-refractivity contribution in [2.75, 3.05) is 11.9 Å². The molecule has 0 amide bonds. The van der Waals surface area contributed by atoms with Crippen molar-refractivity contribution in [2.24, 2.45) is 11.7 Å². The lowest BCUT2D eigenvalue weighted by molar-refractivity contribution is -0.275. The van der Waals surface area contributed by atoms with Crippen molar-refractivity contribution < 1.29 is 22.3 Å². The summed E-state index contributed by atoms with van der Waals surface area (Å²) in [6.07, 6.45) is -1.02. The van der Waals surface area contributed by atoms with Crippen LogP contribution in [0.5, 0.6) is 5.75 Å². The molecule has 7 heteroatoms. The zero-order valence-corrected chi connectivity index (χ0v) is 11.4. The van der Waals surface area contributed by atoms with Crippen LogP contribution in [0.2, 0.25) is 0 Å². The van der Waals surface area contributed by atoms with Crippen LogP contribution in [0, 0.1) is 11.7 Å². The Kier molecular flexibility index (Phi) is 4.92. The van der Waals surface area contributed by atoms with Crippen LogP contribution < -0.4 is 15.8 Å². The third kappa shape index (κ3) is 5.08. The predicted molar refractivity (Wildman–Crippen MR) is 71.5 cm³/mol. The summed E-state index contributed by atoms with van der Waals surface area (Å²) in [7, 11) is 0. The van der Waals surface area contributed by atoms with E-state index in [0.717, 1.165) is 37.8 Å². The number of nitrogens with two attached hydrogens (primary N) is 1. The van der Waals surface area contributed by atoms with Crippen molar-refractivity contribution >= 4 is 5.69 Å². The summed E-state index contributed by atoms with van der Waals surface area (Å²) in [6, 6.07) is 3.63. The molecule has 0 bridgehead atoms. The van der Waals surface area contributed by atoms with E-state index in [0.29, 0.717) is 18.2 Å². The Morgan fingerprint density at radius 2 is 1.86 bits per heavy atom. The first-order valence-corrected chi connectivity index (χ1v) is 6.88. The molecule has 0 unspecified atom stereocenters. The number of rotatable bonds is 4. The Morgan fingerprint density at radius 3 is 2.48 bits per heavy atom. The Hall–Kier alpha value is -1.50. The fourth-order valence-corrected chi connectivity index (χ4v) is 2.47. The van der Waals surface area contributed by atoms with Gasteiger partial charge in [-0.25, -0.2) is 4.39 Å². The van der Waals surface area contributed by atoms with E-state index in [1.54, 1.807) is 0 Å². The van der Waals surface area contributed by atoms with Gasteiger partial charge < -0.3 is 15.8 Å². The van der Waals surface area contributed by atoms with Crippen molar-refractivity contribution in [3.8, 4) is 5.75 Å². The highest BCUT2D eigenvalue weighted by atomic mass is 19.4. The molecule has 0 atom stereocenters. The molecule has 1 aromatic carbocycles. The summed E-state index contributed by atoms with van der Waals surface area (Å²) >= 11 is 0. The van der Waals surface area contributed by atoms with Gasteiger partial charge in [0.25, 0.3) is 0 Å². The molecule has 1 aromatic rings. The van der Waals surface area contributed by atoms with E-state index in [1.807, 2.05) is 0 Å². The van der Waals surface area contributed by atoms with Crippen LogP contribution >= 0.6 is 0 Å². The molecular weight excluding hydrogens is 288 g/mol. The molecule has 3 nitrogen and oxygen atoms in total. The van der Waals surface area contributed by atoms with Crippen molar-refractivity contribution in [3.63, 3.8) is 0 Å². The summed E-state index contributed by atoms with van der Waals surface area (Å²) < 4.78 is 53.4. The Morgan fingerprint density at radius 1 is 1.19 bits per heavy atom. The number of alkyl halides is 3. The van der Waals surface area contributed by atoms with Crippen LogP contribution in [-0.2, 0) is 0 Å².